The number of anilines is 2. The Morgan fingerprint density at radius 2 is 1.50 bits per heavy atom. The second-order valence-corrected chi connectivity index (χ2v) is 8.47. The fourth-order valence-corrected chi connectivity index (χ4v) is 4.26. The van der Waals surface area contributed by atoms with E-state index in [1.165, 1.54) is 6.07 Å². The molecule has 3 rings (SSSR count). The Morgan fingerprint density at radius 1 is 0.962 bits per heavy atom. The summed E-state index contributed by atoms with van der Waals surface area (Å²) >= 11 is 6.24. The van der Waals surface area contributed by atoms with Gasteiger partial charge < -0.3 is 9.80 Å². The Bertz CT molecular complexity index is 941. The van der Waals surface area contributed by atoms with E-state index in [1.54, 1.807) is 12.1 Å². The second-order valence-electron chi connectivity index (χ2n) is 6.08. The molecule has 1 fully saturated rings. The molecule has 1 saturated heterocycles. The molecule has 0 atom stereocenters. The number of piperazine rings is 1. The molecular formula is C17H18ClN3O4S. The quantitative estimate of drug-likeness (QED) is 0.584. The highest BCUT2D eigenvalue weighted by Crippen LogP contribution is 2.35. The molecule has 0 saturated carbocycles. The topological polar surface area (TPSA) is 83.8 Å². The molecule has 2 aromatic rings. The first-order chi connectivity index (χ1) is 12.3. The summed E-state index contributed by atoms with van der Waals surface area (Å²) in [5, 5.41) is 12.2. The van der Waals surface area contributed by atoms with Gasteiger partial charge in [-0.15, -0.1) is 0 Å². The van der Waals surface area contributed by atoms with Gasteiger partial charge in [0.25, 0.3) is 0 Å². The van der Waals surface area contributed by atoms with Gasteiger partial charge in [-0.25, -0.2) is 8.42 Å². The van der Waals surface area contributed by atoms with E-state index in [1.807, 2.05) is 29.2 Å². The fraction of sp³-hybridized carbons (Fsp3) is 0.294. The Kier molecular flexibility index (Phi) is 5.06. The molecule has 7 nitrogen and oxygen atoms in total. The van der Waals surface area contributed by atoms with Crippen molar-refractivity contribution in [1.82, 2.24) is 0 Å². The minimum atomic E-state index is -3.70. The molecule has 0 aliphatic carbocycles. The van der Waals surface area contributed by atoms with E-state index in [9.17, 15) is 18.5 Å². The number of para-hydroxylation sites is 2. The van der Waals surface area contributed by atoms with Gasteiger partial charge in [0.1, 0.15) is 10.6 Å². The van der Waals surface area contributed by atoms with E-state index in [4.69, 9.17) is 11.6 Å². The Morgan fingerprint density at radius 3 is 2.04 bits per heavy atom. The summed E-state index contributed by atoms with van der Waals surface area (Å²) < 4.78 is 23.8. The monoisotopic (exact) mass is 395 g/mol. The lowest BCUT2D eigenvalue weighted by Gasteiger charge is -2.37. The van der Waals surface area contributed by atoms with Crippen molar-refractivity contribution in [2.75, 3.05) is 42.2 Å². The first-order valence-electron chi connectivity index (χ1n) is 8.01. The van der Waals surface area contributed by atoms with Crippen molar-refractivity contribution in [3.05, 3.63) is 57.6 Å². The number of sulfone groups is 1. The summed E-state index contributed by atoms with van der Waals surface area (Å²) in [5.74, 6) is 0. The molecule has 26 heavy (non-hydrogen) atoms. The molecule has 0 bridgehead atoms. The van der Waals surface area contributed by atoms with Crippen molar-refractivity contribution < 1.29 is 13.3 Å². The summed E-state index contributed by atoms with van der Waals surface area (Å²) in [4.78, 5) is 14.6. The maximum atomic E-state index is 11.9. The Hall–Kier alpha value is -2.32. The van der Waals surface area contributed by atoms with E-state index >= 15 is 0 Å². The lowest BCUT2D eigenvalue weighted by Crippen LogP contribution is -2.46. The lowest BCUT2D eigenvalue weighted by molar-refractivity contribution is -0.387. The van der Waals surface area contributed by atoms with Crippen molar-refractivity contribution in [3.63, 3.8) is 0 Å². The molecule has 0 amide bonds. The molecular weight excluding hydrogens is 378 g/mol. The van der Waals surface area contributed by atoms with Crippen molar-refractivity contribution in [2.45, 2.75) is 4.90 Å². The van der Waals surface area contributed by atoms with Gasteiger partial charge in [-0.3, -0.25) is 10.1 Å². The molecule has 0 radical (unpaired) electrons. The minimum absolute atomic E-state index is 0.256. The van der Waals surface area contributed by atoms with Crippen LogP contribution in [0, 0.1) is 10.1 Å². The number of rotatable bonds is 4. The third-order valence-corrected chi connectivity index (χ3v) is 5.82. The van der Waals surface area contributed by atoms with Crippen LogP contribution in [0.15, 0.2) is 47.4 Å². The van der Waals surface area contributed by atoms with E-state index in [-0.39, 0.29) is 10.6 Å². The molecule has 2 aromatic carbocycles. The summed E-state index contributed by atoms with van der Waals surface area (Å²) in [6, 6.07) is 11.9. The molecule has 1 aliphatic rings. The lowest BCUT2D eigenvalue weighted by atomic mass is 10.2. The van der Waals surface area contributed by atoms with Gasteiger partial charge in [-0.05, 0) is 24.3 Å². The molecule has 138 valence electrons. The molecule has 0 N–H and O–H groups in total. The zero-order chi connectivity index (χ0) is 18.9. The molecule has 0 unspecified atom stereocenters. The van der Waals surface area contributed by atoms with Crippen molar-refractivity contribution in [1.29, 1.82) is 0 Å². The standard InChI is InChI=1S/C17H18ClN3O4S/c1-26(24,25)16-8-4-7-15(17(16)21(22)23)20-11-9-19(10-12-20)14-6-3-2-5-13(14)18/h2-8H,9-12H2,1H3. The van der Waals surface area contributed by atoms with E-state index in [0.717, 1.165) is 11.9 Å². The predicted molar refractivity (Wildman–Crippen MR) is 102 cm³/mol. The SMILES string of the molecule is CS(=O)(=O)c1cccc(N2CCN(c3ccccc3Cl)CC2)c1[N+](=O)[O-]. The number of nitro groups is 1. The highest BCUT2D eigenvalue weighted by Gasteiger charge is 2.30. The maximum Gasteiger partial charge on any atom is 0.311 e. The largest absolute Gasteiger partial charge is 0.367 e. The van der Waals surface area contributed by atoms with Gasteiger partial charge in [0.15, 0.2) is 9.84 Å². The average molecular weight is 396 g/mol. The molecule has 0 aromatic heterocycles. The minimum Gasteiger partial charge on any atom is -0.367 e. The summed E-state index contributed by atoms with van der Waals surface area (Å²) in [6.07, 6.45) is 0.981. The summed E-state index contributed by atoms with van der Waals surface area (Å²) in [5.41, 5.74) is 0.895. The van der Waals surface area contributed by atoms with Crippen LogP contribution in [0.5, 0.6) is 0 Å². The van der Waals surface area contributed by atoms with Gasteiger partial charge in [-0.1, -0.05) is 29.8 Å². The number of nitro benzene ring substituents is 1. The molecule has 0 spiro atoms. The van der Waals surface area contributed by atoms with Crippen LogP contribution in [0.1, 0.15) is 0 Å². The number of hydrogen-bond acceptors (Lipinski definition) is 6. The Balaban J connectivity index is 1.88. The van der Waals surface area contributed by atoms with Crippen LogP contribution in [0.4, 0.5) is 17.1 Å². The van der Waals surface area contributed by atoms with Crippen molar-refractivity contribution >= 4 is 38.5 Å². The van der Waals surface area contributed by atoms with Gasteiger partial charge in [0, 0.05) is 32.4 Å². The van der Waals surface area contributed by atoms with Crippen molar-refractivity contribution in [2.24, 2.45) is 0 Å². The number of halogens is 1. The first kappa shape index (κ1) is 18.5. The predicted octanol–water partition coefficient (Wildman–Crippen LogP) is 2.98. The number of benzene rings is 2. The zero-order valence-corrected chi connectivity index (χ0v) is 15.7. The van der Waals surface area contributed by atoms with E-state index in [0.29, 0.717) is 36.9 Å². The normalized spacial score (nSPS) is 15.2. The first-order valence-corrected chi connectivity index (χ1v) is 10.3. The van der Waals surface area contributed by atoms with E-state index in [2.05, 4.69) is 4.90 Å². The van der Waals surface area contributed by atoms with Crippen molar-refractivity contribution in [3.8, 4) is 0 Å². The smallest absolute Gasteiger partial charge is 0.311 e. The van der Waals surface area contributed by atoms with Gasteiger partial charge in [0.05, 0.1) is 15.6 Å². The van der Waals surface area contributed by atoms with Gasteiger partial charge in [0.2, 0.25) is 0 Å². The maximum absolute atomic E-state index is 11.9. The van der Waals surface area contributed by atoms with Crippen LogP contribution >= 0.6 is 11.6 Å². The van der Waals surface area contributed by atoms with Crippen LogP contribution in [0.25, 0.3) is 0 Å². The molecule has 9 heteroatoms. The summed E-state index contributed by atoms with van der Waals surface area (Å²) in [6.45, 7) is 2.31. The average Bonchev–Trinajstić information content (AvgIpc) is 2.61. The number of nitrogens with zero attached hydrogens (tertiary/aromatic N) is 3. The van der Waals surface area contributed by atoms with E-state index < -0.39 is 14.8 Å². The zero-order valence-electron chi connectivity index (χ0n) is 14.1. The number of hydrogen-bond donors (Lipinski definition) is 0. The summed E-state index contributed by atoms with van der Waals surface area (Å²) in [7, 11) is -3.70. The van der Waals surface area contributed by atoms with Crippen LogP contribution in [-0.4, -0.2) is 45.8 Å². The van der Waals surface area contributed by atoms with Gasteiger partial charge >= 0.3 is 5.69 Å². The molecule has 1 heterocycles. The molecule has 1 aliphatic heterocycles. The fourth-order valence-electron chi connectivity index (χ4n) is 3.15. The second kappa shape index (κ2) is 7.13. The van der Waals surface area contributed by atoms with Crippen LogP contribution in [0.2, 0.25) is 5.02 Å². The highest BCUT2D eigenvalue weighted by atomic mass is 35.5. The van der Waals surface area contributed by atoms with Crippen LogP contribution in [-0.2, 0) is 9.84 Å². The van der Waals surface area contributed by atoms with Crippen LogP contribution in [0.3, 0.4) is 0 Å². The third kappa shape index (κ3) is 3.61. The Labute approximate surface area is 156 Å². The van der Waals surface area contributed by atoms with Gasteiger partial charge in [-0.2, -0.15) is 0 Å². The van der Waals surface area contributed by atoms with Crippen LogP contribution < -0.4 is 9.80 Å². The third-order valence-electron chi connectivity index (χ3n) is 4.37. The highest BCUT2D eigenvalue weighted by molar-refractivity contribution is 7.90.